The van der Waals surface area contributed by atoms with E-state index >= 15 is 0 Å². The second kappa shape index (κ2) is 5.11. The highest BCUT2D eigenvalue weighted by molar-refractivity contribution is 6.32. The van der Waals surface area contributed by atoms with E-state index in [9.17, 15) is 4.79 Å². The first-order valence-corrected chi connectivity index (χ1v) is 6.50. The highest BCUT2D eigenvalue weighted by Gasteiger charge is 2.26. The third-order valence-electron chi connectivity index (χ3n) is 3.06. The third-order valence-corrected chi connectivity index (χ3v) is 3.41. The smallest absolute Gasteiger partial charge is 0.156 e. The molecule has 0 saturated carbocycles. The van der Waals surface area contributed by atoms with Gasteiger partial charge in [-0.15, -0.1) is 0 Å². The molecule has 0 bridgehead atoms. The summed E-state index contributed by atoms with van der Waals surface area (Å²) in [6.07, 6.45) is 7.29. The molecule has 94 valence electrons. The van der Waals surface area contributed by atoms with Gasteiger partial charge in [0, 0.05) is 11.4 Å². The highest BCUT2D eigenvalue weighted by Crippen LogP contribution is 2.34. The predicted molar refractivity (Wildman–Crippen MR) is 76.6 cm³/mol. The molecule has 2 heteroatoms. The van der Waals surface area contributed by atoms with Crippen LogP contribution < -0.4 is 0 Å². The molecule has 0 aromatic heterocycles. The minimum Gasteiger partial charge on any atom is -0.295 e. The molecule has 1 aromatic rings. The van der Waals surface area contributed by atoms with Gasteiger partial charge in [0.05, 0.1) is 0 Å². The summed E-state index contributed by atoms with van der Waals surface area (Å²) < 4.78 is 0. The maximum atomic E-state index is 11.6. The van der Waals surface area contributed by atoms with Crippen LogP contribution >= 0.6 is 11.6 Å². The monoisotopic (exact) mass is 260 g/mol. The van der Waals surface area contributed by atoms with Crippen molar-refractivity contribution in [3.05, 3.63) is 52.6 Å². The molecule has 0 atom stereocenters. The van der Waals surface area contributed by atoms with Gasteiger partial charge in [-0.2, -0.15) is 0 Å². The second-order valence-corrected chi connectivity index (χ2v) is 5.97. The lowest BCUT2D eigenvalue weighted by Crippen LogP contribution is -2.21. The molecule has 1 nitrogen and oxygen atoms in total. The van der Waals surface area contributed by atoms with Crippen molar-refractivity contribution >= 4 is 23.5 Å². The van der Waals surface area contributed by atoms with E-state index in [1.54, 1.807) is 6.08 Å². The van der Waals surface area contributed by atoms with Gasteiger partial charge in [0.2, 0.25) is 0 Å². The highest BCUT2D eigenvalue weighted by atomic mass is 35.5. The van der Waals surface area contributed by atoms with Gasteiger partial charge in [-0.1, -0.05) is 55.8 Å². The molecule has 1 aliphatic carbocycles. The van der Waals surface area contributed by atoms with E-state index < -0.39 is 0 Å². The van der Waals surface area contributed by atoms with Crippen LogP contribution in [0.3, 0.4) is 0 Å². The molecular weight excluding hydrogens is 244 g/mol. The Balaban J connectivity index is 2.20. The molecule has 0 saturated heterocycles. The van der Waals surface area contributed by atoms with E-state index in [4.69, 9.17) is 11.6 Å². The lowest BCUT2D eigenvalue weighted by atomic mass is 9.77. The van der Waals surface area contributed by atoms with Crippen molar-refractivity contribution in [3.63, 3.8) is 0 Å². The molecule has 1 aromatic carbocycles. The molecule has 0 aliphatic heterocycles. The zero-order valence-electron chi connectivity index (χ0n) is 10.7. The summed E-state index contributed by atoms with van der Waals surface area (Å²) >= 11 is 6.09. The lowest BCUT2D eigenvalue weighted by molar-refractivity contribution is -0.116. The number of carbonyl (C=O) groups is 1. The van der Waals surface area contributed by atoms with Gasteiger partial charge in [0.15, 0.2) is 5.78 Å². The normalized spacial score (nSPS) is 19.1. The van der Waals surface area contributed by atoms with Crippen molar-refractivity contribution in [3.8, 4) is 0 Å². The molecular formula is C16H17ClO. The number of rotatable bonds is 2. The van der Waals surface area contributed by atoms with E-state index in [1.807, 2.05) is 36.4 Å². The number of allylic oxidation sites excluding steroid dienone is 3. The Hall–Kier alpha value is -1.34. The Kier molecular flexibility index (Phi) is 3.72. The zero-order valence-corrected chi connectivity index (χ0v) is 11.5. The number of benzene rings is 1. The molecule has 0 amide bonds. The SMILES string of the molecule is CC1(C)CC(=O)C=C(/C=C/c2ccccc2Cl)C1. The molecule has 0 heterocycles. The summed E-state index contributed by atoms with van der Waals surface area (Å²) in [4.78, 5) is 11.6. The summed E-state index contributed by atoms with van der Waals surface area (Å²) in [7, 11) is 0. The van der Waals surface area contributed by atoms with Gasteiger partial charge < -0.3 is 0 Å². The van der Waals surface area contributed by atoms with Crippen LogP contribution in [-0.4, -0.2) is 5.78 Å². The van der Waals surface area contributed by atoms with Crippen LogP contribution in [0, 0.1) is 5.41 Å². The average molecular weight is 261 g/mol. The topological polar surface area (TPSA) is 17.1 Å². The minimum atomic E-state index is 0.0615. The Labute approximate surface area is 113 Å². The summed E-state index contributed by atoms with van der Waals surface area (Å²) in [5.74, 6) is 0.213. The van der Waals surface area contributed by atoms with Crippen molar-refractivity contribution in [2.75, 3.05) is 0 Å². The molecule has 2 rings (SSSR count). The fourth-order valence-electron chi connectivity index (χ4n) is 2.31. The second-order valence-electron chi connectivity index (χ2n) is 5.56. The Morgan fingerprint density at radius 3 is 2.56 bits per heavy atom. The molecule has 0 radical (unpaired) electrons. The molecule has 1 aliphatic rings. The summed E-state index contributed by atoms with van der Waals surface area (Å²) in [6, 6.07) is 7.70. The van der Waals surface area contributed by atoms with Crippen molar-refractivity contribution in [2.24, 2.45) is 5.41 Å². The molecule has 0 fully saturated rings. The molecule has 0 N–H and O–H groups in total. The third kappa shape index (κ3) is 3.33. The van der Waals surface area contributed by atoms with Gasteiger partial charge in [0.1, 0.15) is 0 Å². The van der Waals surface area contributed by atoms with Gasteiger partial charge in [-0.3, -0.25) is 4.79 Å². The number of hydrogen-bond acceptors (Lipinski definition) is 1. The van der Waals surface area contributed by atoms with Crippen LogP contribution in [0.15, 0.2) is 42.0 Å². The average Bonchev–Trinajstić information content (AvgIpc) is 2.25. The first kappa shape index (κ1) is 13.1. The fraction of sp³-hybridized carbons (Fsp3) is 0.312. The molecule has 18 heavy (non-hydrogen) atoms. The number of hydrogen-bond donors (Lipinski definition) is 0. The number of ketones is 1. The van der Waals surface area contributed by atoms with E-state index in [-0.39, 0.29) is 11.2 Å². The number of halogens is 1. The Bertz CT molecular complexity index is 524. The molecule has 0 unspecified atom stereocenters. The first-order valence-electron chi connectivity index (χ1n) is 6.12. The maximum absolute atomic E-state index is 11.6. The van der Waals surface area contributed by atoms with Crippen molar-refractivity contribution < 1.29 is 4.79 Å². The minimum absolute atomic E-state index is 0.0615. The van der Waals surface area contributed by atoms with Gasteiger partial charge in [-0.05, 0) is 35.1 Å². The van der Waals surface area contributed by atoms with Crippen LogP contribution in [0.25, 0.3) is 6.08 Å². The number of carbonyl (C=O) groups excluding carboxylic acids is 1. The summed E-state index contributed by atoms with van der Waals surface area (Å²) in [6.45, 7) is 4.25. The van der Waals surface area contributed by atoms with E-state index in [2.05, 4.69) is 13.8 Å². The van der Waals surface area contributed by atoms with Crippen LogP contribution in [-0.2, 0) is 4.79 Å². The van der Waals surface area contributed by atoms with Crippen molar-refractivity contribution in [1.29, 1.82) is 0 Å². The van der Waals surface area contributed by atoms with Crippen LogP contribution in [0.5, 0.6) is 0 Å². The fourth-order valence-corrected chi connectivity index (χ4v) is 2.51. The van der Waals surface area contributed by atoms with Gasteiger partial charge >= 0.3 is 0 Å². The maximum Gasteiger partial charge on any atom is 0.156 e. The summed E-state index contributed by atoms with van der Waals surface area (Å²) in [5, 5.41) is 0.732. The van der Waals surface area contributed by atoms with Gasteiger partial charge in [0.25, 0.3) is 0 Å². The van der Waals surface area contributed by atoms with Gasteiger partial charge in [-0.25, -0.2) is 0 Å². The zero-order chi connectivity index (χ0) is 13.2. The van der Waals surface area contributed by atoms with E-state index in [1.165, 1.54) is 0 Å². The van der Waals surface area contributed by atoms with E-state index in [0.717, 1.165) is 22.6 Å². The van der Waals surface area contributed by atoms with Crippen LogP contribution in [0.1, 0.15) is 32.3 Å². The van der Waals surface area contributed by atoms with E-state index in [0.29, 0.717) is 6.42 Å². The predicted octanol–water partition coefficient (Wildman–Crippen LogP) is 4.67. The van der Waals surface area contributed by atoms with Crippen LogP contribution in [0.2, 0.25) is 5.02 Å². The van der Waals surface area contributed by atoms with Crippen LogP contribution in [0.4, 0.5) is 0 Å². The first-order chi connectivity index (χ1) is 8.46. The van der Waals surface area contributed by atoms with Crippen molar-refractivity contribution in [2.45, 2.75) is 26.7 Å². The molecule has 0 spiro atoms. The standard InChI is InChI=1S/C16H17ClO/c1-16(2)10-12(9-14(18)11-16)7-8-13-5-3-4-6-15(13)17/h3-9H,10-11H2,1-2H3/b8-7+. The summed E-state index contributed by atoms with van der Waals surface area (Å²) in [5.41, 5.74) is 2.12. The van der Waals surface area contributed by atoms with Crippen molar-refractivity contribution in [1.82, 2.24) is 0 Å². The lowest BCUT2D eigenvalue weighted by Gasteiger charge is -2.27. The Morgan fingerprint density at radius 1 is 1.17 bits per heavy atom. The quantitative estimate of drug-likeness (QED) is 0.755. The Morgan fingerprint density at radius 2 is 1.89 bits per heavy atom. The largest absolute Gasteiger partial charge is 0.295 e.